The highest BCUT2D eigenvalue weighted by atomic mass is 19.3. The van der Waals surface area contributed by atoms with Gasteiger partial charge in [0.25, 0.3) is 0 Å². The van der Waals surface area contributed by atoms with E-state index in [1.165, 1.54) is 0 Å². The first-order valence-corrected chi connectivity index (χ1v) is 5.77. The second-order valence-electron chi connectivity index (χ2n) is 3.97. The van der Waals surface area contributed by atoms with Crippen molar-refractivity contribution < 1.29 is 18.3 Å². The molecule has 1 rings (SSSR count). The van der Waals surface area contributed by atoms with Crippen LogP contribution in [0.2, 0.25) is 0 Å². The molecule has 0 aliphatic rings. The number of halogens is 2. The lowest BCUT2D eigenvalue weighted by molar-refractivity contribution is -0.151. The van der Waals surface area contributed by atoms with Gasteiger partial charge in [-0.05, 0) is 12.5 Å². The molecule has 3 nitrogen and oxygen atoms in total. The molecule has 18 heavy (non-hydrogen) atoms. The summed E-state index contributed by atoms with van der Waals surface area (Å²) in [5.74, 6) is -0.695. The second kappa shape index (κ2) is 6.44. The smallest absolute Gasteiger partial charge is 0.318 e. The summed E-state index contributed by atoms with van der Waals surface area (Å²) in [6.45, 7) is 1.56. The molecular weight excluding hydrogens is 240 g/mol. The summed E-state index contributed by atoms with van der Waals surface area (Å²) in [6, 6.07) is 8.35. The molecule has 0 aliphatic heterocycles. The van der Waals surface area contributed by atoms with Crippen LogP contribution in [0.1, 0.15) is 18.9 Å². The van der Waals surface area contributed by atoms with Crippen LogP contribution in [-0.4, -0.2) is 25.5 Å². The normalized spacial score (nSPS) is 14.3. The zero-order chi connectivity index (χ0) is 13.6. The molecular formula is C13H17F2NO2. The highest BCUT2D eigenvalue weighted by Crippen LogP contribution is 2.31. The van der Waals surface area contributed by atoms with Gasteiger partial charge in [0.1, 0.15) is 5.41 Å². The Balaban J connectivity index is 3.18. The Hall–Kier alpha value is -1.49. The van der Waals surface area contributed by atoms with Gasteiger partial charge in [-0.3, -0.25) is 4.79 Å². The summed E-state index contributed by atoms with van der Waals surface area (Å²) in [5.41, 5.74) is 4.58. The van der Waals surface area contributed by atoms with E-state index in [9.17, 15) is 13.6 Å². The number of alkyl halides is 2. The van der Waals surface area contributed by atoms with E-state index in [1.54, 1.807) is 37.3 Å². The molecule has 1 atom stereocenters. The van der Waals surface area contributed by atoms with Crippen molar-refractivity contribution >= 4 is 5.97 Å². The van der Waals surface area contributed by atoms with Crippen LogP contribution in [-0.2, 0) is 14.9 Å². The number of esters is 1. The molecule has 2 N–H and O–H groups in total. The standard InChI is InChI=1S/C13H17F2NO2/c1-2-18-12(17)13(9-16,8-11(14)15)10-6-4-3-5-7-10/h3-7,11H,2,8-9,16H2,1H3. The zero-order valence-corrected chi connectivity index (χ0v) is 10.2. The van der Waals surface area contributed by atoms with E-state index >= 15 is 0 Å². The molecule has 0 fully saturated rings. The summed E-state index contributed by atoms with van der Waals surface area (Å²) in [5, 5.41) is 0. The molecule has 0 heterocycles. The van der Waals surface area contributed by atoms with Gasteiger partial charge in [0, 0.05) is 13.0 Å². The molecule has 1 aromatic carbocycles. The van der Waals surface area contributed by atoms with Gasteiger partial charge < -0.3 is 10.5 Å². The fourth-order valence-electron chi connectivity index (χ4n) is 1.89. The minimum Gasteiger partial charge on any atom is -0.465 e. The van der Waals surface area contributed by atoms with E-state index in [0.717, 1.165) is 0 Å². The summed E-state index contributed by atoms with van der Waals surface area (Å²) in [6.07, 6.45) is -3.26. The van der Waals surface area contributed by atoms with Gasteiger partial charge in [0.2, 0.25) is 6.43 Å². The van der Waals surface area contributed by atoms with Gasteiger partial charge in [-0.2, -0.15) is 0 Å². The van der Waals surface area contributed by atoms with E-state index in [0.29, 0.717) is 5.56 Å². The van der Waals surface area contributed by atoms with Crippen molar-refractivity contribution in [1.82, 2.24) is 0 Å². The summed E-state index contributed by atoms with van der Waals surface area (Å²) in [4.78, 5) is 12.0. The Bertz CT molecular complexity index is 384. The predicted octanol–water partition coefficient (Wildman–Crippen LogP) is 2.10. The molecule has 0 aliphatic carbocycles. The Morgan fingerprint density at radius 3 is 2.44 bits per heavy atom. The first kappa shape index (κ1) is 14.6. The van der Waals surface area contributed by atoms with Crippen LogP contribution in [0.4, 0.5) is 8.78 Å². The molecule has 0 bridgehead atoms. The Morgan fingerprint density at radius 2 is 2.00 bits per heavy atom. The molecule has 0 amide bonds. The number of ether oxygens (including phenoxy) is 1. The van der Waals surface area contributed by atoms with E-state index in [-0.39, 0.29) is 13.2 Å². The highest BCUT2D eigenvalue weighted by Gasteiger charge is 2.42. The third-order valence-electron chi connectivity index (χ3n) is 2.84. The lowest BCUT2D eigenvalue weighted by Gasteiger charge is -2.30. The van der Waals surface area contributed by atoms with E-state index in [1.807, 2.05) is 0 Å². The van der Waals surface area contributed by atoms with Gasteiger partial charge in [-0.1, -0.05) is 30.3 Å². The fraction of sp³-hybridized carbons (Fsp3) is 0.462. The molecule has 0 saturated carbocycles. The first-order chi connectivity index (χ1) is 8.56. The average molecular weight is 257 g/mol. The number of hydrogen-bond acceptors (Lipinski definition) is 3. The van der Waals surface area contributed by atoms with Crippen LogP contribution >= 0.6 is 0 Å². The molecule has 0 aromatic heterocycles. The van der Waals surface area contributed by atoms with Crippen molar-refractivity contribution in [1.29, 1.82) is 0 Å². The van der Waals surface area contributed by atoms with Crippen molar-refractivity contribution in [3.05, 3.63) is 35.9 Å². The SMILES string of the molecule is CCOC(=O)C(CN)(CC(F)F)c1ccccc1. The van der Waals surface area contributed by atoms with Crippen molar-refractivity contribution in [2.75, 3.05) is 13.2 Å². The monoisotopic (exact) mass is 257 g/mol. The third-order valence-corrected chi connectivity index (χ3v) is 2.84. The Morgan fingerprint density at radius 1 is 1.39 bits per heavy atom. The zero-order valence-electron chi connectivity index (χ0n) is 10.2. The molecule has 100 valence electrons. The fourth-order valence-corrected chi connectivity index (χ4v) is 1.89. The van der Waals surface area contributed by atoms with Gasteiger partial charge in [-0.15, -0.1) is 0 Å². The molecule has 0 spiro atoms. The second-order valence-corrected chi connectivity index (χ2v) is 3.97. The Kier molecular flexibility index (Phi) is 5.22. The maximum atomic E-state index is 12.7. The maximum Gasteiger partial charge on any atom is 0.318 e. The number of benzene rings is 1. The van der Waals surface area contributed by atoms with E-state index in [2.05, 4.69) is 0 Å². The van der Waals surface area contributed by atoms with Crippen molar-refractivity contribution in [2.24, 2.45) is 5.73 Å². The van der Waals surface area contributed by atoms with Crippen LogP contribution in [0.5, 0.6) is 0 Å². The minimum absolute atomic E-state index is 0.136. The molecule has 1 aromatic rings. The number of carbonyl (C=O) groups is 1. The highest BCUT2D eigenvalue weighted by molar-refractivity contribution is 5.83. The topological polar surface area (TPSA) is 52.3 Å². The van der Waals surface area contributed by atoms with E-state index < -0.39 is 24.2 Å². The Labute approximate surface area is 105 Å². The number of carbonyl (C=O) groups excluding carboxylic acids is 1. The van der Waals surface area contributed by atoms with Crippen molar-refractivity contribution in [3.63, 3.8) is 0 Å². The van der Waals surface area contributed by atoms with E-state index in [4.69, 9.17) is 10.5 Å². The van der Waals surface area contributed by atoms with Crippen LogP contribution in [0, 0.1) is 0 Å². The summed E-state index contributed by atoms with van der Waals surface area (Å²) >= 11 is 0. The van der Waals surface area contributed by atoms with Crippen LogP contribution in [0.25, 0.3) is 0 Å². The van der Waals surface area contributed by atoms with Gasteiger partial charge in [-0.25, -0.2) is 8.78 Å². The lowest BCUT2D eigenvalue weighted by Crippen LogP contribution is -2.45. The van der Waals surface area contributed by atoms with Gasteiger partial charge in [0.05, 0.1) is 6.61 Å². The molecule has 5 heteroatoms. The molecule has 1 unspecified atom stereocenters. The first-order valence-electron chi connectivity index (χ1n) is 5.77. The number of nitrogens with two attached hydrogens (primary N) is 1. The largest absolute Gasteiger partial charge is 0.465 e. The van der Waals surface area contributed by atoms with Crippen LogP contribution < -0.4 is 5.73 Å². The van der Waals surface area contributed by atoms with Crippen molar-refractivity contribution in [3.8, 4) is 0 Å². The minimum atomic E-state index is -2.63. The lowest BCUT2D eigenvalue weighted by atomic mass is 9.77. The average Bonchev–Trinajstić information content (AvgIpc) is 2.37. The maximum absolute atomic E-state index is 12.7. The third kappa shape index (κ3) is 3.04. The molecule has 0 saturated heterocycles. The van der Waals surface area contributed by atoms with Crippen LogP contribution in [0.3, 0.4) is 0 Å². The van der Waals surface area contributed by atoms with Gasteiger partial charge in [0.15, 0.2) is 0 Å². The van der Waals surface area contributed by atoms with Gasteiger partial charge >= 0.3 is 5.97 Å². The predicted molar refractivity (Wildman–Crippen MR) is 64.4 cm³/mol. The van der Waals surface area contributed by atoms with Crippen molar-refractivity contribution in [2.45, 2.75) is 25.2 Å². The summed E-state index contributed by atoms with van der Waals surface area (Å²) in [7, 11) is 0. The quantitative estimate of drug-likeness (QED) is 0.794. The number of hydrogen-bond donors (Lipinski definition) is 1. The molecule has 0 radical (unpaired) electrons. The number of rotatable bonds is 6. The summed E-state index contributed by atoms with van der Waals surface area (Å²) < 4.78 is 30.4. The van der Waals surface area contributed by atoms with Crippen LogP contribution in [0.15, 0.2) is 30.3 Å².